The standard InChI is InChI=1S/C10H15Cl3N6O/c11-10(12,13)7-16-8(15-2-1-14)18-9(17-7)19-3-5-20-6-4-19/h1-6,14H2,(H,15,16,17,18). The third-order valence-corrected chi connectivity index (χ3v) is 3.11. The van der Waals surface area contributed by atoms with Crippen LogP contribution in [0.15, 0.2) is 0 Å². The molecule has 0 amide bonds. The van der Waals surface area contributed by atoms with E-state index in [2.05, 4.69) is 20.3 Å². The van der Waals surface area contributed by atoms with Gasteiger partial charge in [0.2, 0.25) is 15.7 Å². The molecule has 0 bridgehead atoms. The summed E-state index contributed by atoms with van der Waals surface area (Å²) < 4.78 is 3.59. The number of alkyl halides is 3. The first-order chi connectivity index (χ1) is 9.50. The zero-order chi connectivity index (χ0) is 14.6. The maximum atomic E-state index is 5.86. The quantitative estimate of drug-likeness (QED) is 0.787. The molecule has 1 aliphatic rings. The van der Waals surface area contributed by atoms with Gasteiger partial charge in [-0.25, -0.2) is 0 Å². The molecule has 0 aliphatic carbocycles. The Labute approximate surface area is 131 Å². The van der Waals surface area contributed by atoms with Crippen LogP contribution in [0.2, 0.25) is 0 Å². The van der Waals surface area contributed by atoms with E-state index in [-0.39, 0.29) is 5.82 Å². The molecule has 0 spiro atoms. The number of rotatable bonds is 4. The lowest BCUT2D eigenvalue weighted by Crippen LogP contribution is -2.38. The van der Waals surface area contributed by atoms with E-state index in [1.807, 2.05) is 4.90 Å². The number of nitrogens with zero attached hydrogens (tertiary/aromatic N) is 4. The van der Waals surface area contributed by atoms with Gasteiger partial charge in [-0.2, -0.15) is 15.0 Å². The van der Waals surface area contributed by atoms with Gasteiger partial charge < -0.3 is 20.7 Å². The Bertz CT molecular complexity index is 449. The van der Waals surface area contributed by atoms with Crippen LogP contribution in [-0.2, 0) is 8.53 Å². The van der Waals surface area contributed by atoms with E-state index in [4.69, 9.17) is 45.3 Å². The van der Waals surface area contributed by atoms with Gasteiger partial charge in [-0.1, -0.05) is 34.8 Å². The van der Waals surface area contributed by atoms with Gasteiger partial charge in [0.15, 0.2) is 5.82 Å². The highest BCUT2D eigenvalue weighted by atomic mass is 35.6. The molecule has 1 aliphatic heterocycles. The molecule has 1 fully saturated rings. The molecule has 0 unspecified atom stereocenters. The summed E-state index contributed by atoms with van der Waals surface area (Å²) in [6.45, 7) is 3.55. The summed E-state index contributed by atoms with van der Waals surface area (Å²) in [5, 5.41) is 2.97. The normalized spacial score (nSPS) is 16.3. The van der Waals surface area contributed by atoms with Gasteiger partial charge in [0, 0.05) is 26.2 Å². The van der Waals surface area contributed by atoms with E-state index in [1.54, 1.807) is 0 Å². The summed E-state index contributed by atoms with van der Waals surface area (Å²) in [6.07, 6.45) is 0. The second-order valence-corrected chi connectivity index (χ2v) is 6.38. The second kappa shape index (κ2) is 6.91. The van der Waals surface area contributed by atoms with E-state index >= 15 is 0 Å². The van der Waals surface area contributed by atoms with E-state index in [0.717, 1.165) is 0 Å². The fraction of sp³-hybridized carbons (Fsp3) is 0.700. The maximum Gasteiger partial charge on any atom is 0.250 e. The smallest absolute Gasteiger partial charge is 0.250 e. The molecule has 20 heavy (non-hydrogen) atoms. The third kappa shape index (κ3) is 4.20. The van der Waals surface area contributed by atoms with Crippen LogP contribution in [0.5, 0.6) is 0 Å². The van der Waals surface area contributed by atoms with Crippen molar-refractivity contribution < 1.29 is 4.74 Å². The largest absolute Gasteiger partial charge is 0.378 e. The molecule has 1 aromatic rings. The van der Waals surface area contributed by atoms with Crippen molar-refractivity contribution in [2.24, 2.45) is 5.73 Å². The highest BCUT2D eigenvalue weighted by molar-refractivity contribution is 6.66. The summed E-state index contributed by atoms with van der Waals surface area (Å²) in [5.41, 5.74) is 5.44. The van der Waals surface area contributed by atoms with Crippen molar-refractivity contribution in [3.8, 4) is 0 Å². The van der Waals surface area contributed by atoms with Gasteiger partial charge in [0.1, 0.15) is 0 Å². The van der Waals surface area contributed by atoms with Crippen molar-refractivity contribution in [2.45, 2.75) is 3.79 Å². The van der Waals surface area contributed by atoms with Gasteiger partial charge >= 0.3 is 0 Å². The number of halogens is 3. The third-order valence-electron chi connectivity index (χ3n) is 2.60. The van der Waals surface area contributed by atoms with Crippen LogP contribution in [0, 0.1) is 0 Å². The van der Waals surface area contributed by atoms with Crippen molar-refractivity contribution >= 4 is 46.7 Å². The highest BCUT2D eigenvalue weighted by Crippen LogP contribution is 2.36. The molecule has 1 saturated heterocycles. The topological polar surface area (TPSA) is 89.2 Å². The molecular weight excluding hydrogens is 327 g/mol. The zero-order valence-electron chi connectivity index (χ0n) is 10.7. The Balaban J connectivity index is 2.29. The SMILES string of the molecule is NCCNc1nc(N2CCOCC2)nc(C(Cl)(Cl)Cl)n1. The monoisotopic (exact) mass is 340 g/mol. The summed E-state index contributed by atoms with van der Waals surface area (Å²) in [5.74, 6) is 0.885. The number of anilines is 2. The number of nitrogens with one attached hydrogen (secondary N) is 1. The molecule has 3 N–H and O–H groups in total. The molecule has 112 valence electrons. The first kappa shape index (κ1) is 15.8. The molecular formula is C10H15Cl3N6O. The molecule has 2 heterocycles. The van der Waals surface area contributed by atoms with E-state index < -0.39 is 3.79 Å². The van der Waals surface area contributed by atoms with Gasteiger partial charge in [0.05, 0.1) is 13.2 Å². The number of hydrogen-bond donors (Lipinski definition) is 2. The number of morpholine rings is 1. The van der Waals surface area contributed by atoms with Crippen molar-refractivity contribution in [2.75, 3.05) is 49.6 Å². The fourth-order valence-corrected chi connectivity index (χ4v) is 1.91. The molecule has 2 rings (SSSR count). The fourth-order valence-electron chi connectivity index (χ4n) is 1.66. The second-order valence-electron chi connectivity index (χ2n) is 4.10. The van der Waals surface area contributed by atoms with Crippen LogP contribution in [0.3, 0.4) is 0 Å². The molecule has 0 radical (unpaired) electrons. The summed E-state index contributed by atoms with van der Waals surface area (Å²) in [6, 6.07) is 0. The maximum absolute atomic E-state index is 5.86. The van der Waals surface area contributed by atoms with Gasteiger partial charge in [-0.05, 0) is 0 Å². The van der Waals surface area contributed by atoms with Gasteiger partial charge in [-0.3, -0.25) is 0 Å². The van der Waals surface area contributed by atoms with Crippen molar-refractivity contribution in [1.29, 1.82) is 0 Å². The zero-order valence-corrected chi connectivity index (χ0v) is 12.9. The predicted molar refractivity (Wildman–Crippen MR) is 79.6 cm³/mol. The lowest BCUT2D eigenvalue weighted by molar-refractivity contribution is 0.122. The van der Waals surface area contributed by atoms with E-state index in [9.17, 15) is 0 Å². The Morgan fingerprint density at radius 1 is 1.20 bits per heavy atom. The van der Waals surface area contributed by atoms with Gasteiger partial charge in [-0.15, -0.1) is 0 Å². The lowest BCUT2D eigenvalue weighted by atomic mass is 10.4. The minimum atomic E-state index is -1.71. The number of aromatic nitrogens is 3. The lowest BCUT2D eigenvalue weighted by Gasteiger charge is -2.27. The average Bonchev–Trinajstić information content (AvgIpc) is 2.45. The summed E-state index contributed by atoms with van der Waals surface area (Å²) >= 11 is 17.6. The molecule has 1 aromatic heterocycles. The van der Waals surface area contributed by atoms with Crippen LogP contribution in [0.4, 0.5) is 11.9 Å². The number of ether oxygens (including phenoxy) is 1. The predicted octanol–water partition coefficient (Wildman–Crippen LogP) is 0.906. The van der Waals surface area contributed by atoms with Crippen molar-refractivity contribution in [3.63, 3.8) is 0 Å². The van der Waals surface area contributed by atoms with Crippen LogP contribution >= 0.6 is 34.8 Å². The number of nitrogens with two attached hydrogens (primary N) is 1. The molecule has 7 nitrogen and oxygen atoms in total. The van der Waals surface area contributed by atoms with E-state index in [0.29, 0.717) is 51.3 Å². The minimum absolute atomic E-state index is 0.0820. The van der Waals surface area contributed by atoms with Crippen LogP contribution in [0.25, 0.3) is 0 Å². The molecule has 0 saturated carbocycles. The molecule has 0 atom stereocenters. The first-order valence-corrected chi connectivity index (χ1v) is 7.24. The summed E-state index contributed by atoms with van der Waals surface area (Å²) in [7, 11) is 0. The van der Waals surface area contributed by atoms with Crippen LogP contribution in [0.1, 0.15) is 5.82 Å². The van der Waals surface area contributed by atoms with E-state index in [1.165, 1.54) is 0 Å². The molecule has 0 aromatic carbocycles. The minimum Gasteiger partial charge on any atom is -0.378 e. The van der Waals surface area contributed by atoms with Crippen LogP contribution in [-0.4, -0.2) is 54.3 Å². The number of hydrogen-bond acceptors (Lipinski definition) is 7. The highest BCUT2D eigenvalue weighted by Gasteiger charge is 2.29. The van der Waals surface area contributed by atoms with Crippen molar-refractivity contribution in [3.05, 3.63) is 5.82 Å². The van der Waals surface area contributed by atoms with Gasteiger partial charge in [0.25, 0.3) is 0 Å². The Morgan fingerprint density at radius 3 is 2.50 bits per heavy atom. The summed E-state index contributed by atoms with van der Waals surface area (Å²) in [4.78, 5) is 14.6. The first-order valence-electron chi connectivity index (χ1n) is 6.10. The van der Waals surface area contributed by atoms with Crippen LogP contribution < -0.4 is 16.0 Å². The average molecular weight is 342 g/mol. The Morgan fingerprint density at radius 2 is 1.90 bits per heavy atom. The Hall–Kier alpha value is -0.600. The Kier molecular flexibility index (Phi) is 5.45. The van der Waals surface area contributed by atoms with Crippen molar-refractivity contribution in [1.82, 2.24) is 15.0 Å². The molecule has 10 heteroatoms.